The monoisotopic (exact) mass is 273 g/mol. The highest BCUT2D eigenvalue weighted by molar-refractivity contribution is 5.54. The first kappa shape index (κ1) is 14.2. The summed E-state index contributed by atoms with van der Waals surface area (Å²) in [5.41, 5.74) is -0.362. The fourth-order valence-electron chi connectivity index (χ4n) is 2.72. The lowest BCUT2D eigenvalue weighted by molar-refractivity contribution is -0.138. The maximum absolute atomic E-state index is 13.0. The Morgan fingerprint density at radius 2 is 2.00 bits per heavy atom. The maximum atomic E-state index is 13.0. The Bertz CT molecular complexity index is 468. The predicted octanol–water partition coefficient (Wildman–Crippen LogP) is 3.58. The molecule has 5 heteroatoms. The molecule has 0 amide bonds. The van der Waals surface area contributed by atoms with Gasteiger partial charge in [-0.2, -0.15) is 13.2 Å². The Morgan fingerprint density at radius 3 is 2.47 bits per heavy atom. The van der Waals surface area contributed by atoms with Gasteiger partial charge in [-0.15, -0.1) is 0 Å². The molecule has 0 spiro atoms. The molecule has 0 aliphatic carbocycles. The van der Waals surface area contributed by atoms with Crippen LogP contribution in [0.3, 0.4) is 0 Å². The van der Waals surface area contributed by atoms with Crippen LogP contribution in [0.5, 0.6) is 0 Å². The Kier molecular flexibility index (Phi) is 3.51. The molecule has 0 atom stereocenters. The minimum Gasteiger partial charge on any atom is -0.392 e. The van der Waals surface area contributed by atoms with Crippen LogP contribution in [0.4, 0.5) is 18.9 Å². The van der Waals surface area contributed by atoms with Crippen molar-refractivity contribution < 1.29 is 18.3 Å². The first-order chi connectivity index (χ1) is 8.75. The summed E-state index contributed by atoms with van der Waals surface area (Å²) in [4.78, 5) is 2.00. The topological polar surface area (TPSA) is 23.5 Å². The highest BCUT2D eigenvalue weighted by Crippen LogP contribution is 2.38. The van der Waals surface area contributed by atoms with E-state index in [1.54, 1.807) is 6.07 Å². The van der Waals surface area contributed by atoms with E-state index in [2.05, 4.69) is 0 Å². The molecule has 0 radical (unpaired) electrons. The second-order valence-corrected chi connectivity index (χ2v) is 5.56. The zero-order valence-electron chi connectivity index (χ0n) is 11.1. The quantitative estimate of drug-likeness (QED) is 0.890. The molecule has 2 rings (SSSR count). The van der Waals surface area contributed by atoms with Crippen LogP contribution in [-0.4, -0.2) is 17.2 Å². The van der Waals surface area contributed by atoms with Crippen molar-refractivity contribution in [2.75, 3.05) is 11.4 Å². The molecule has 0 bridgehead atoms. The number of benzene rings is 1. The average molecular weight is 273 g/mol. The molecule has 1 N–H and O–H groups in total. The van der Waals surface area contributed by atoms with Gasteiger partial charge in [-0.1, -0.05) is 6.07 Å². The number of nitrogens with zero attached hydrogens (tertiary/aromatic N) is 1. The van der Waals surface area contributed by atoms with Gasteiger partial charge in [0.05, 0.1) is 12.2 Å². The zero-order valence-corrected chi connectivity index (χ0v) is 11.1. The Hall–Kier alpha value is -1.23. The van der Waals surface area contributed by atoms with Crippen molar-refractivity contribution in [1.82, 2.24) is 0 Å². The summed E-state index contributed by atoms with van der Waals surface area (Å²) in [5, 5.41) is 9.03. The summed E-state index contributed by atoms with van der Waals surface area (Å²) in [5.74, 6) is 0. The summed E-state index contributed by atoms with van der Waals surface area (Å²) >= 11 is 0. The van der Waals surface area contributed by atoms with Gasteiger partial charge in [0.2, 0.25) is 0 Å². The first-order valence-electron chi connectivity index (χ1n) is 6.34. The lowest BCUT2D eigenvalue weighted by Gasteiger charge is -2.34. The first-order valence-corrected chi connectivity index (χ1v) is 6.34. The van der Waals surface area contributed by atoms with E-state index in [9.17, 15) is 13.2 Å². The molecule has 106 valence electrons. The highest BCUT2D eigenvalue weighted by atomic mass is 19.4. The number of anilines is 1. The zero-order chi connectivity index (χ0) is 14.3. The number of alkyl halides is 3. The fourth-order valence-corrected chi connectivity index (χ4v) is 2.72. The van der Waals surface area contributed by atoms with Crippen LogP contribution in [0.15, 0.2) is 18.2 Å². The second-order valence-electron chi connectivity index (χ2n) is 5.56. The maximum Gasteiger partial charge on any atom is 0.416 e. The van der Waals surface area contributed by atoms with Crippen LogP contribution in [0, 0.1) is 0 Å². The summed E-state index contributed by atoms with van der Waals surface area (Å²) in [6.45, 7) is 4.24. The molecule has 1 aromatic carbocycles. The van der Waals surface area contributed by atoms with Gasteiger partial charge in [-0.05, 0) is 44.4 Å². The number of aliphatic hydroxyl groups excluding tert-OH is 1. The van der Waals surface area contributed by atoms with Crippen LogP contribution >= 0.6 is 0 Å². The molecule has 1 heterocycles. The summed E-state index contributed by atoms with van der Waals surface area (Å²) in [7, 11) is 0. The van der Waals surface area contributed by atoms with E-state index in [4.69, 9.17) is 5.11 Å². The van der Waals surface area contributed by atoms with Gasteiger partial charge in [0, 0.05) is 17.8 Å². The van der Waals surface area contributed by atoms with Crippen LogP contribution in [0.2, 0.25) is 0 Å². The number of halogens is 3. The molecule has 0 unspecified atom stereocenters. The lowest BCUT2D eigenvalue weighted by atomic mass is 10.00. The Balaban J connectivity index is 2.44. The number of rotatable bonds is 2. The van der Waals surface area contributed by atoms with Crippen LogP contribution < -0.4 is 4.90 Å². The van der Waals surface area contributed by atoms with Gasteiger partial charge in [-0.3, -0.25) is 0 Å². The molecule has 1 fully saturated rings. The van der Waals surface area contributed by atoms with E-state index in [1.165, 1.54) is 6.07 Å². The van der Waals surface area contributed by atoms with E-state index in [1.807, 2.05) is 18.7 Å². The van der Waals surface area contributed by atoms with Crippen LogP contribution in [-0.2, 0) is 12.8 Å². The van der Waals surface area contributed by atoms with Crippen molar-refractivity contribution in [2.45, 2.75) is 45.0 Å². The van der Waals surface area contributed by atoms with Gasteiger partial charge >= 0.3 is 6.18 Å². The third-order valence-corrected chi connectivity index (χ3v) is 3.78. The molecular formula is C14H18F3NO. The van der Waals surface area contributed by atoms with Crippen molar-refractivity contribution in [3.05, 3.63) is 29.3 Å². The molecule has 0 saturated carbocycles. The average Bonchev–Trinajstić information content (AvgIpc) is 2.67. The van der Waals surface area contributed by atoms with Crippen molar-refractivity contribution in [2.24, 2.45) is 0 Å². The van der Waals surface area contributed by atoms with Gasteiger partial charge in [0.25, 0.3) is 0 Å². The normalized spacial score (nSPS) is 18.9. The number of hydrogen-bond acceptors (Lipinski definition) is 2. The third kappa shape index (κ3) is 2.71. The Morgan fingerprint density at radius 1 is 1.32 bits per heavy atom. The van der Waals surface area contributed by atoms with Gasteiger partial charge in [-0.25, -0.2) is 0 Å². The minimum atomic E-state index is -4.43. The van der Waals surface area contributed by atoms with Crippen molar-refractivity contribution >= 4 is 5.69 Å². The predicted molar refractivity (Wildman–Crippen MR) is 68.0 cm³/mol. The smallest absolute Gasteiger partial charge is 0.392 e. The van der Waals surface area contributed by atoms with E-state index in [0.29, 0.717) is 5.69 Å². The molecule has 1 aliphatic rings. The molecule has 2 nitrogen and oxygen atoms in total. The molecule has 0 aromatic heterocycles. The number of hydrogen-bond donors (Lipinski definition) is 1. The molecule has 19 heavy (non-hydrogen) atoms. The lowest BCUT2D eigenvalue weighted by Crippen LogP contribution is -2.38. The van der Waals surface area contributed by atoms with Crippen molar-refractivity contribution in [3.8, 4) is 0 Å². The minimum absolute atomic E-state index is 0.0757. The van der Waals surface area contributed by atoms with E-state index < -0.39 is 18.3 Å². The van der Waals surface area contributed by atoms with Gasteiger partial charge in [0.1, 0.15) is 0 Å². The summed E-state index contributed by atoms with van der Waals surface area (Å²) < 4.78 is 38.9. The fraction of sp³-hybridized carbons (Fsp3) is 0.571. The summed E-state index contributed by atoms with van der Waals surface area (Å²) in [6.07, 6.45) is -2.48. The molecule has 1 saturated heterocycles. The van der Waals surface area contributed by atoms with Gasteiger partial charge in [0.15, 0.2) is 0 Å². The van der Waals surface area contributed by atoms with Crippen molar-refractivity contribution in [1.29, 1.82) is 0 Å². The largest absolute Gasteiger partial charge is 0.416 e. The van der Waals surface area contributed by atoms with E-state index in [0.717, 1.165) is 25.5 Å². The summed E-state index contributed by atoms with van der Waals surface area (Å²) in [6, 6.07) is 4.18. The van der Waals surface area contributed by atoms with Crippen LogP contribution in [0.1, 0.15) is 37.8 Å². The molecular weight excluding hydrogens is 255 g/mol. The van der Waals surface area contributed by atoms with Gasteiger partial charge < -0.3 is 10.0 Å². The van der Waals surface area contributed by atoms with E-state index in [-0.39, 0.29) is 11.1 Å². The van der Waals surface area contributed by atoms with Crippen LogP contribution in [0.25, 0.3) is 0 Å². The van der Waals surface area contributed by atoms with Crippen molar-refractivity contribution in [3.63, 3.8) is 0 Å². The second kappa shape index (κ2) is 4.71. The SMILES string of the molecule is CC1(C)CCCN1c1ccc(CO)c(C(F)(F)F)c1. The Labute approximate surface area is 110 Å². The molecule has 1 aromatic rings. The van der Waals surface area contributed by atoms with E-state index >= 15 is 0 Å². The highest BCUT2D eigenvalue weighted by Gasteiger charge is 2.36. The standard InChI is InChI=1S/C14H18F3NO/c1-13(2)6-3-7-18(13)11-5-4-10(9-19)12(8-11)14(15,16)17/h4-5,8,19H,3,6-7,9H2,1-2H3. The molecule has 1 aliphatic heterocycles. The number of aliphatic hydroxyl groups is 1. The third-order valence-electron chi connectivity index (χ3n) is 3.78.